The maximum atomic E-state index is 6.04. The number of methoxy groups -OCH3 is 1. The Hall–Kier alpha value is -1.51. The first-order chi connectivity index (χ1) is 11.0. The fourth-order valence-corrected chi connectivity index (χ4v) is 3.52. The SMILES string of the molecule is COc1ccc(-c2ccc(Cl)cc2)c(C2CCOC(C)(C)C2)c1. The normalized spacial score (nSPS) is 20.3. The molecule has 1 fully saturated rings. The van der Waals surface area contributed by atoms with E-state index in [2.05, 4.69) is 38.1 Å². The van der Waals surface area contributed by atoms with Crippen LogP contribution in [-0.4, -0.2) is 19.3 Å². The van der Waals surface area contributed by atoms with E-state index in [0.29, 0.717) is 5.92 Å². The number of halogens is 1. The van der Waals surface area contributed by atoms with Crippen molar-refractivity contribution in [3.63, 3.8) is 0 Å². The molecule has 23 heavy (non-hydrogen) atoms. The van der Waals surface area contributed by atoms with Crippen LogP contribution in [0, 0.1) is 0 Å². The smallest absolute Gasteiger partial charge is 0.119 e. The molecule has 0 radical (unpaired) electrons. The van der Waals surface area contributed by atoms with Crippen molar-refractivity contribution < 1.29 is 9.47 Å². The molecule has 2 nitrogen and oxygen atoms in total. The quantitative estimate of drug-likeness (QED) is 0.720. The van der Waals surface area contributed by atoms with Gasteiger partial charge in [0, 0.05) is 11.6 Å². The van der Waals surface area contributed by atoms with Gasteiger partial charge in [-0.3, -0.25) is 0 Å². The first-order valence-electron chi connectivity index (χ1n) is 8.06. The molecule has 1 aliphatic rings. The summed E-state index contributed by atoms with van der Waals surface area (Å²) in [4.78, 5) is 0. The summed E-state index contributed by atoms with van der Waals surface area (Å²) < 4.78 is 11.3. The Labute approximate surface area is 143 Å². The summed E-state index contributed by atoms with van der Waals surface area (Å²) in [6, 6.07) is 14.4. The van der Waals surface area contributed by atoms with Crippen LogP contribution >= 0.6 is 11.6 Å². The largest absolute Gasteiger partial charge is 0.497 e. The van der Waals surface area contributed by atoms with E-state index >= 15 is 0 Å². The second-order valence-corrected chi connectivity index (χ2v) is 7.19. The third-order valence-corrected chi connectivity index (χ3v) is 4.80. The van der Waals surface area contributed by atoms with Gasteiger partial charge in [0.2, 0.25) is 0 Å². The zero-order chi connectivity index (χ0) is 16.4. The van der Waals surface area contributed by atoms with E-state index in [0.717, 1.165) is 30.2 Å². The summed E-state index contributed by atoms with van der Waals surface area (Å²) in [6.45, 7) is 5.14. The number of rotatable bonds is 3. The highest BCUT2D eigenvalue weighted by molar-refractivity contribution is 6.30. The summed E-state index contributed by atoms with van der Waals surface area (Å²) in [5.41, 5.74) is 3.70. The van der Waals surface area contributed by atoms with E-state index in [1.54, 1.807) is 7.11 Å². The number of hydrogen-bond acceptors (Lipinski definition) is 2. The molecule has 0 aliphatic carbocycles. The first kappa shape index (κ1) is 16.4. The second-order valence-electron chi connectivity index (χ2n) is 6.76. The van der Waals surface area contributed by atoms with Crippen LogP contribution in [0.3, 0.4) is 0 Å². The molecule has 1 unspecified atom stereocenters. The van der Waals surface area contributed by atoms with E-state index in [1.807, 2.05) is 18.2 Å². The Kier molecular flexibility index (Phi) is 4.65. The lowest BCUT2D eigenvalue weighted by Crippen LogP contribution is -2.33. The van der Waals surface area contributed by atoms with Crippen molar-refractivity contribution >= 4 is 11.6 Å². The Morgan fingerprint density at radius 2 is 1.87 bits per heavy atom. The van der Waals surface area contributed by atoms with Gasteiger partial charge in [-0.1, -0.05) is 29.8 Å². The van der Waals surface area contributed by atoms with Gasteiger partial charge in [-0.2, -0.15) is 0 Å². The van der Waals surface area contributed by atoms with Gasteiger partial charge >= 0.3 is 0 Å². The predicted octanol–water partition coefficient (Wildman–Crippen LogP) is 5.69. The molecule has 2 aromatic carbocycles. The van der Waals surface area contributed by atoms with Crippen LogP contribution in [0.5, 0.6) is 5.75 Å². The predicted molar refractivity (Wildman–Crippen MR) is 95.4 cm³/mol. The first-order valence-corrected chi connectivity index (χ1v) is 8.44. The summed E-state index contributed by atoms with van der Waals surface area (Å²) >= 11 is 6.04. The van der Waals surface area contributed by atoms with Gasteiger partial charge in [-0.15, -0.1) is 0 Å². The maximum Gasteiger partial charge on any atom is 0.119 e. The van der Waals surface area contributed by atoms with Gasteiger partial charge in [0.15, 0.2) is 0 Å². The molecule has 0 N–H and O–H groups in total. The van der Waals surface area contributed by atoms with Gasteiger partial charge in [0.05, 0.1) is 12.7 Å². The Balaban J connectivity index is 2.04. The molecule has 1 heterocycles. The zero-order valence-corrected chi connectivity index (χ0v) is 14.7. The molecule has 1 atom stereocenters. The minimum Gasteiger partial charge on any atom is -0.497 e. The molecule has 0 bridgehead atoms. The molecule has 2 aromatic rings. The Bertz CT molecular complexity index is 677. The van der Waals surface area contributed by atoms with Gasteiger partial charge in [0.1, 0.15) is 5.75 Å². The van der Waals surface area contributed by atoms with Crippen LogP contribution in [0.25, 0.3) is 11.1 Å². The highest BCUT2D eigenvalue weighted by Gasteiger charge is 2.31. The molecule has 122 valence electrons. The average Bonchev–Trinajstić information content (AvgIpc) is 2.54. The van der Waals surface area contributed by atoms with Crippen LogP contribution in [0.4, 0.5) is 0 Å². The maximum absolute atomic E-state index is 6.04. The van der Waals surface area contributed by atoms with E-state index in [1.165, 1.54) is 16.7 Å². The third kappa shape index (κ3) is 3.70. The molecular weight excluding hydrogens is 308 g/mol. The highest BCUT2D eigenvalue weighted by Crippen LogP contribution is 2.41. The lowest BCUT2D eigenvalue weighted by molar-refractivity contribution is -0.0592. The van der Waals surface area contributed by atoms with Crippen LogP contribution in [-0.2, 0) is 4.74 Å². The van der Waals surface area contributed by atoms with Crippen molar-refractivity contribution in [2.75, 3.05) is 13.7 Å². The van der Waals surface area contributed by atoms with Crippen LogP contribution in [0.1, 0.15) is 38.2 Å². The number of hydrogen-bond donors (Lipinski definition) is 0. The lowest BCUT2D eigenvalue weighted by Gasteiger charge is -2.36. The second kappa shape index (κ2) is 6.54. The highest BCUT2D eigenvalue weighted by atomic mass is 35.5. The standard InChI is InChI=1S/C20H23ClO2/c1-20(2)13-15(10-11-23-20)19-12-17(22-3)8-9-18(19)14-4-6-16(21)7-5-14/h4-9,12,15H,10-11,13H2,1-3H3. The average molecular weight is 331 g/mol. The number of benzene rings is 2. The van der Waals surface area contributed by atoms with Gasteiger partial charge in [-0.05, 0) is 73.6 Å². The van der Waals surface area contributed by atoms with E-state index in [9.17, 15) is 0 Å². The minimum absolute atomic E-state index is 0.0801. The summed E-state index contributed by atoms with van der Waals surface area (Å²) in [5.74, 6) is 1.38. The molecule has 3 heteroatoms. The molecule has 1 saturated heterocycles. The van der Waals surface area contributed by atoms with Gasteiger partial charge in [-0.25, -0.2) is 0 Å². The minimum atomic E-state index is -0.0801. The molecule has 3 rings (SSSR count). The fourth-order valence-electron chi connectivity index (χ4n) is 3.40. The van der Waals surface area contributed by atoms with Crippen molar-refractivity contribution in [1.29, 1.82) is 0 Å². The summed E-state index contributed by atoms with van der Waals surface area (Å²) in [6.07, 6.45) is 2.05. The van der Waals surface area contributed by atoms with E-state index in [4.69, 9.17) is 21.1 Å². The summed E-state index contributed by atoms with van der Waals surface area (Å²) in [7, 11) is 1.72. The molecule has 0 amide bonds. The zero-order valence-electron chi connectivity index (χ0n) is 13.9. The lowest BCUT2D eigenvalue weighted by atomic mass is 9.80. The molecule has 0 spiro atoms. The van der Waals surface area contributed by atoms with Crippen molar-refractivity contribution in [3.8, 4) is 16.9 Å². The topological polar surface area (TPSA) is 18.5 Å². The van der Waals surface area contributed by atoms with E-state index in [-0.39, 0.29) is 5.60 Å². The number of ether oxygens (including phenoxy) is 2. The van der Waals surface area contributed by atoms with Gasteiger partial charge in [0.25, 0.3) is 0 Å². The van der Waals surface area contributed by atoms with Crippen molar-refractivity contribution in [2.45, 2.75) is 38.2 Å². The van der Waals surface area contributed by atoms with Crippen molar-refractivity contribution in [1.82, 2.24) is 0 Å². The van der Waals surface area contributed by atoms with Crippen LogP contribution in [0.2, 0.25) is 5.02 Å². The Morgan fingerprint density at radius 1 is 1.13 bits per heavy atom. The van der Waals surface area contributed by atoms with Gasteiger partial charge < -0.3 is 9.47 Å². The van der Waals surface area contributed by atoms with E-state index < -0.39 is 0 Å². The molecule has 0 aromatic heterocycles. The molecule has 0 saturated carbocycles. The summed E-state index contributed by atoms with van der Waals surface area (Å²) in [5, 5.41) is 0.760. The third-order valence-electron chi connectivity index (χ3n) is 4.55. The molecule has 1 aliphatic heterocycles. The Morgan fingerprint density at radius 3 is 2.52 bits per heavy atom. The monoisotopic (exact) mass is 330 g/mol. The van der Waals surface area contributed by atoms with Crippen LogP contribution in [0.15, 0.2) is 42.5 Å². The van der Waals surface area contributed by atoms with Crippen molar-refractivity contribution in [3.05, 3.63) is 53.1 Å². The fraction of sp³-hybridized carbons (Fsp3) is 0.400. The van der Waals surface area contributed by atoms with Crippen molar-refractivity contribution in [2.24, 2.45) is 0 Å². The van der Waals surface area contributed by atoms with Crippen LogP contribution < -0.4 is 4.74 Å². The molecular formula is C20H23ClO2.